The molecular weight excluding hydrogens is 470 g/mol. The molecule has 1 heterocycles. The maximum Gasteiger partial charge on any atom is 0.511 e. The molecule has 2 fully saturated rings. The lowest BCUT2D eigenvalue weighted by atomic mass is 9.52. The molecule has 5 rings (SSSR count). The molecule has 0 radical (unpaired) electrons. The second-order valence-electron chi connectivity index (χ2n) is 10.9. The number of amides is 1. The van der Waals surface area contributed by atoms with Crippen molar-refractivity contribution in [3.05, 3.63) is 65.2 Å². The summed E-state index contributed by atoms with van der Waals surface area (Å²) in [5.74, 6) is 1.35. The van der Waals surface area contributed by atoms with Crippen LogP contribution in [0, 0.1) is 11.8 Å². The average Bonchev–Trinajstić information content (AvgIpc) is 2.91. The van der Waals surface area contributed by atoms with E-state index >= 15 is 0 Å². The third-order valence-electron chi connectivity index (χ3n) is 8.18. The topological polar surface area (TPSA) is 74.3 Å². The Morgan fingerprint density at radius 3 is 2.68 bits per heavy atom. The van der Waals surface area contributed by atoms with E-state index in [1.165, 1.54) is 24.0 Å². The Balaban J connectivity index is 1.28. The van der Waals surface area contributed by atoms with Gasteiger partial charge in [0.2, 0.25) is 6.79 Å². The Hall–Kier alpha value is -3.22. The summed E-state index contributed by atoms with van der Waals surface area (Å²) < 4.78 is 21.7. The van der Waals surface area contributed by atoms with Crippen LogP contribution in [0.4, 0.5) is 9.59 Å². The Labute approximate surface area is 219 Å². The van der Waals surface area contributed by atoms with Crippen LogP contribution in [-0.2, 0) is 32.7 Å². The molecule has 7 heteroatoms. The number of rotatable bonds is 7. The monoisotopic (exact) mass is 507 g/mol. The van der Waals surface area contributed by atoms with Gasteiger partial charge in [0.1, 0.15) is 12.4 Å². The Kier molecular flexibility index (Phi) is 7.58. The van der Waals surface area contributed by atoms with Crippen molar-refractivity contribution in [3.63, 3.8) is 0 Å². The fourth-order valence-electron chi connectivity index (χ4n) is 6.53. The van der Waals surface area contributed by atoms with Crippen LogP contribution in [-0.4, -0.2) is 43.1 Å². The number of nitrogens with zero attached hydrogens (tertiary/aromatic N) is 1. The normalized spacial score (nSPS) is 24.0. The van der Waals surface area contributed by atoms with Gasteiger partial charge in [-0.2, -0.15) is 0 Å². The van der Waals surface area contributed by atoms with Gasteiger partial charge in [0.05, 0.1) is 6.61 Å². The van der Waals surface area contributed by atoms with E-state index in [-0.39, 0.29) is 30.3 Å². The van der Waals surface area contributed by atoms with E-state index in [9.17, 15) is 9.59 Å². The molecule has 1 amide bonds. The molecule has 37 heavy (non-hydrogen) atoms. The van der Waals surface area contributed by atoms with Crippen molar-refractivity contribution >= 4 is 12.2 Å². The summed E-state index contributed by atoms with van der Waals surface area (Å²) >= 11 is 0. The van der Waals surface area contributed by atoms with Crippen LogP contribution in [0.25, 0.3) is 0 Å². The highest BCUT2D eigenvalue weighted by molar-refractivity contribution is 5.69. The van der Waals surface area contributed by atoms with Crippen molar-refractivity contribution in [2.75, 3.05) is 19.9 Å². The molecular formula is C30H37NO6. The fourth-order valence-corrected chi connectivity index (χ4v) is 6.53. The van der Waals surface area contributed by atoms with Crippen LogP contribution in [0.3, 0.4) is 0 Å². The van der Waals surface area contributed by atoms with Crippen molar-refractivity contribution in [2.24, 2.45) is 11.8 Å². The molecule has 3 aliphatic rings. The molecule has 198 valence electrons. The third kappa shape index (κ3) is 5.41. The molecule has 0 spiro atoms. The fraction of sp³-hybridized carbons (Fsp3) is 0.533. The predicted molar refractivity (Wildman–Crippen MR) is 138 cm³/mol. The number of piperidine rings is 1. The van der Waals surface area contributed by atoms with Gasteiger partial charge in [-0.15, -0.1) is 0 Å². The van der Waals surface area contributed by atoms with Crippen LogP contribution in [0.2, 0.25) is 0 Å². The maximum atomic E-state index is 13.2. The highest BCUT2D eigenvalue weighted by Crippen LogP contribution is 2.56. The average molecular weight is 508 g/mol. The molecule has 2 bridgehead atoms. The summed E-state index contributed by atoms with van der Waals surface area (Å²) in [6.45, 7) is 5.07. The number of carbonyl (C=O) groups is 2. The number of benzene rings is 2. The van der Waals surface area contributed by atoms with Crippen molar-refractivity contribution in [2.45, 2.75) is 70.4 Å². The van der Waals surface area contributed by atoms with E-state index in [0.29, 0.717) is 31.4 Å². The first-order valence-corrected chi connectivity index (χ1v) is 13.5. The third-order valence-corrected chi connectivity index (χ3v) is 8.18. The number of carbonyl (C=O) groups excluding carboxylic acids is 2. The highest BCUT2D eigenvalue weighted by Gasteiger charge is 2.55. The van der Waals surface area contributed by atoms with Crippen molar-refractivity contribution in [1.29, 1.82) is 0 Å². The molecule has 0 N–H and O–H groups in total. The zero-order valence-corrected chi connectivity index (χ0v) is 21.8. The van der Waals surface area contributed by atoms with Gasteiger partial charge < -0.3 is 23.8 Å². The van der Waals surface area contributed by atoms with Gasteiger partial charge in [0.25, 0.3) is 0 Å². The summed E-state index contributed by atoms with van der Waals surface area (Å²) in [5.41, 5.74) is 3.65. The summed E-state index contributed by atoms with van der Waals surface area (Å²) in [6, 6.07) is 16.2. The molecule has 7 nitrogen and oxygen atoms in total. The van der Waals surface area contributed by atoms with Gasteiger partial charge in [-0.1, -0.05) is 63.1 Å². The van der Waals surface area contributed by atoms with E-state index in [2.05, 4.69) is 12.1 Å². The summed E-state index contributed by atoms with van der Waals surface area (Å²) in [4.78, 5) is 26.9. The van der Waals surface area contributed by atoms with Crippen LogP contribution >= 0.6 is 0 Å². The van der Waals surface area contributed by atoms with Crippen molar-refractivity contribution in [3.8, 4) is 5.75 Å². The largest absolute Gasteiger partial charge is 0.511 e. The Bertz CT molecular complexity index is 1100. The zero-order chi connectivity index (χ0) is 25.8. The lowest BCUT2D eigenvalue weighted by molar-refractivity contribution is -0.0145. The molecule has 1 saturated heterocycles. The molecule has 2 aromatic carbocycles. The number of ether oxygens (including phenoxy) is 4. The lowest BCUT2D eigenvalue weighted by Crippen LogP contribution is -2.62. The zero-order valence-electron chi connectivity index (χ0n) is 21.8. The molecule has 1 saturated carbocycles. The molecule has 0 unspecified atom stereocenters. The first-order valence-electron chi connectivity index (χ1n) is 13.5. The number of likely N-dealkylation sites (tertiary alicyclic amines) is 1. The Morgan fingerprint density at radius 2 is 1.86 bits per heavy atom. The summed E-state index contributed by atoms with van der Waals surface area (Å²) in [6.07, 6.45) is 5.43. The van der Waals surface area contributed by atoms with Crippen LogP contribution < -0.4 is 4.74 Å². The summed E-state index contributed by atoms with van der Waals surface area (Å²) in [5, 5.41) is 0. The first kappa shape index (κ1) is 25.4. The summed E-state index contributed by atoms with van der Waals surface area (Å²) in [7, 11) is 0. The molecule has 1 aliphatic heterocycles. The van der Waals surface area contributed by atoms with Crippen molar-refractivity contribution < 1.29 is 28.5 Å². The van der Waals surface area contributed by atoms with Crippen LogP contribution in [0.5, 0.6) is 5.75 Å². The maximum absolute atomic E-state index is 13.2. The van der Waals surface area contributed by atoms with E-state index < -0.39 is 6.16 Å². The SMILES string of the molecule is CC(C)COC(=O)OCOc1ccc2c(c1)[C@@]13CCCC[C@H]1[C@@H](C2)N(C(=O)OCc1ccccc1)CC3. The second kappa shape index (κ2) is 11.0. The van der Waals surface area contributed by atoms with Crippen molar-refractivity contribution in [1.82, 2.24) is 4.90 Å². The van der Waals surface area contributed by atoms with Gasteiger partial charge in [0.15, 0.2) is 0 Å². The van der Waals surface area contributed by atoms with E-state index in [1.807, 2.05) is 55.1 Å². The minimum atomic E-state index is -0.716. The highest BCUT2D eigenvalue weighted by atomic mass is 16.8. The smallest absolute Gasteiger partial charge is 0.457 e. The predicted octanol–water partition coefficient (Wildman–Crippen LogP) is 6.23. The standard InChI is InChI=1S/C30H37NO6/c1-21(2)18-35-29(33)37-20-36-24-12-11-23-16-27-25-10-6-7-13-30(25,26(23)17-24)14-15-31(27)28(32)34-19-22-8-4-3-5-9-22/h3-5,8-9,11-12,17,21,25,27H,6-7,10,13-16,18-20H2,1-2H3/t25-,27+,30+/m0/s1. The number of fused-ring (bicyclic) bond motifs is 1. The lowest BCUT2D eigenvalue weighted by Gasteiger charge is -2.58. The Morgan fingerprint density at radius 1 is 1.03 bits per heavy atom. The molecule has 3 atom stereocenters. The first-order chi connectivity index (χ1) is 18.0. The quantitative estimate of drug-likeness (QED) is 0.327. The van der Waals surface area contributed by atoms with Gasteiger partial charge in [-0.25, -0.2) is 9.59 Å². The van der Waals surface area contributed by atoms with Gasteiger partial charge in [-0.05, 0) is 66.3 Å². The van der Waals surface area contributed by atoms with E-state index in [1.54, 1.807) is 0 Å². The van der Waals surface area contributed by atoms with Crippen LogP contribution in [0.15, 0.2) is 48.5 Å². The second-order valence-corrected chi connectivity index (χ2v) is 10.9. The van der Waals surface area contributed by atoms with Crippen LogP contribution in [0.1, 0.15) is 62.6 Å². The minimum absolute atomic E-state index is 0.0448. The minimum Gasteiger partial charge on any atom is -0.457 e. The van der Waals surface area contributed by atoms with Gasteiger partial charge >= 0.3 is 12.2 Å². The number of hydrogen-bond donors (Lipinski definition) is 0. The molecule has 0 aromatic heterocycles. The van der Waals surface area contributed by atoms with Gasteiger partial charge in [0, 0.05) is 18.0 Å². The van der Waals surface area contributed by atoms with E-state index in [0.717, 1.165) is 31.2 Å². The van der Waals surface area contributed by atoms with E-state index in [4.69, 9.17) is 18.9 Å². The molecule has 2 aromatic rings. The number of hydrogen-bond acceptors (Lipinski definition) is 6. The molecule has 2 aliphatic carbocycles. The van der Waals surface area contributed by atoms with Gasteiger partial charge in [-0.3, -0.25) is 0 Å².